The zero-order valence-electron chi connectivity index (χ0n) is 20.4. The van der Waals surface area contributed by atoms with Gasteiger partial charge in [0.2, 0.25) is 5.95 Å². The average Bonchev–Trinajstić information content (AvgIpc) is 3.19. The molecule has 2 aromatic heterocycles. The Hall–Kier alpha value is -3.57. The quantitative estimate of drug-likeness (QED) is 0.399. The lowest BCUT2D eigenvalue weighted by molar-refractivity contribution is -0.245. The molecule has 0 unspecified atom stereocenters. The standard InChI is InChI=1S/C24H30FN7O3/c1-14-10-19(31-35-14)29-20-18(25)13-26-22(30-20)28-16-8-6-15(7-9-16)21(33)27-17-11-23(2,3)32(34)24(4,5)12-17/h6-10,13,17,34H,11-12H2,1-5H3,(H,27,33)(H2,26,28,29,30,31). The van der Waals surface area contributed by atoms with Gasteiger partial charge in [-0.25, -0.2) is 9.37 Å². The van der Waals surface area contributed by atoms with Crippen molar-refractivity contribution in [2.24, 2.45) is 0 Å². The number of halogens is 1. The fraction of sp³-hybridized carbons (Fsp3) is 0.417. The van der Waals surface area contributed by atoms with E-state index >= 15 is 0 Å². The highest BCUT2D eigenvalue weighted by Gasteiger charge is 2.45. The van der Waals surface area contributed by atoms with Crippen LogP contribution in [0.5, 0.6) is 0 Å². The van der Waals surface area contributed by atoms with E-state index < -0.39 is 16.9 Å². The Morgan fingerprint density at radius 3 is 2.40 bits per heavy atom. The molecule has 3 heterocycles. The van der Waals surface area contributed by atoms with Gasteiger partial charge in [-0.15, -0.1) is 0 Å². The van der Waals surface area contributed by atoms with Crippen LogP contribution in [-0.4, -0.2) is 48.4 Å². The molecule has 4 rings (SSSR count). The van der Waals surface area contributed by atoms with E-state index in [1.165, 1.54) is 5.06 Å². The molecule has 186 valence electrons. The van der Waals surface area contributed by atoms with Crippen LogP contribution in [0.25, 0.3) is 0 Å². The summed E-state index contributed by atoms with van der Waals surface area (Å²) >= 11 is 0. The minimum absolute atomic E-state index is 0.0495. The summed E-state index contributed by atoms with van der Waals surface area (Å²) in [4.78, 5) is 21.0. The van der Waals surface area contributed by atoms with E-state index in [9.17, 15) is 14.4 Å². The molecule has 0 atom stereocenters. The van der Waals surface area contributed by atoms with E-state index in [1.807, 2.05) is 27.7 Å². The maximum absolute atomic E-state index is 14.1. The average molecular weight is 484 g/mol. The van der Waals surface area contributed by atoms with Crippen LogP contribution in [0.15, 0.2) is 41.1 Å². The smallest absolute Gasteiger partial charge is 0.251 e. The molecular formula is C24H30FN7O3. The van der Waals surface area contributed by atoms with Crippen LogP contribution in [0.1, 0.15) is 56.7 Å². The van der Waals surface area contributed by atoms with Crippen molar-refractivity contribution in [2.75, 3.05) is 10.6 Å². The van der Waals surface area contributed by atoms with Crippen LogP contribution in [0, 0.1) is 12.7 Å². The number of nitrogens with zero attached hydrogens (tertiary/aromatic N) is 4. The van der Waals surface area contributed by atoms with Gasteiger partial charge in [0.25, 0.3) is 5.91 Å². The van der Waals surface area contributed by atoms with Gasteiger partial charge in [0.1, 0.15) is 5.76 Å². The van der Waals surface area contributed by atoms with Crippen LogP contribution in [-0.2, 0) is 0 Å². The summed E-state index contributed by atoms with van der Waals surface area (Å²) in [6.07, 6.45) is 2.31. The molecule has 0 saturated carbocycles. The largest absolute Gasteiger partial charge is 0.360 e. The molecule has 0 spiro atoms. The van der Waals surface area contributed by atoms with Crippen LogP contribution in [0.3, 0.4) is 0 Å². The first-order valence-corrected chi connectivity index (χ1v) is 11.3. The molecule has 11 heteroatoms. The van der Waals surface area contributed by atoms with Crippen LogP contribution in [0.4, 0.5) is 27.7 Å². The third-order valence-electron chi connectivity index (χ3n) is 6.00. The maximum Gasteiger partial charge on any atom is 0.251 e. The molecule has 35 heavy (non-hydrogen) atoms. The van der Waals surface area contributed by atoms with Gasteiger partial charge in [-0.2, -0.15) is 10.0 Å². The summed E-state index contributed by atoms with van der Waals surface area (Å²) in [5, 5.41) is 24.5. The molecule has 0 bridgehead atoms. The third-order valence-corrected chi connectivity index (χ3v) is 6.00. The minimum Gasteiger partial charge on any atom is -0.360 e. The number of aryl methyl sites for hydroxylation is 1. The first-order valence-electron chi connectivity index (χ1n) is 11.3. The van der Waals surface area contributed by atoms with Gasteiger partial charge in [-0.3, -0.25) is 4.79 Å². The second kappa shape index (κ2) is 9.23. The first-order chi connectivity index (χ1) is 16.4. The number of anilines is 4. The Morgan fingerprint density at radius 2 is 1.80 bits per heavy atom. The number of aromatic nitrogens is 3. The molecule has 1 aromatic carbocycles. The maximum atomic E-state index is 14.1. The molecule has 1 fully saturated rings. The second-order valence-corrected chi connectivity index (χ2v) is 10.1. The number of rotatable bonds is 6. The molecular weight excluding hydrogens is 453 g/mol. The highest BCUT2D eigenvalue weighted by Crippen LogP contribution is 2.36. The summed E-state index contributed by atoms with van der Waals surface area (Å²) in [5.41, 5.74) is 0.222. The highest BCUT2D eigenvalue weighted by molar-refractivity contribution is 5.94. The number of hydroxylamine groups is 2. The van der Waals surface area contributed by atoms with Crippen molar-refractivity contribution < 1.29 is 18.9 Å². The van der Waals surface area contributed by atoms with Gasteiger partial charge in [0.05, 0.1) is 6.20 Å². The van der Waals surface area contributed by atoms with Crippen molar-refractivity contribution in [2.45, 2.75) is 64.6 Å². The van der Waals surface area contributed by atoms with Gasteiger partial charge < -0.3 is 25.7 Å². The number of piperidine rings is 1. The molecule has 1 aliphatic rings. The minimum atomic E-state index is -0.637. The molecule has 3 aromatic rings. The van der Waals surface area contributed by atoms with Crippen molar-refractivity contribution in [3.63, 3.8) is 0 Å². The fourth-order valence-electron chi connectivity index (χ4n) is 4.54. The predicted octanol–water partition coefficient (Wildman–Crippen LogP) is 4.54. The number of hydrogen-bond acceptors (Lipinski definition) is 9. The Bertz CT molecular complexity index is 1190. The lowest BCUT2D eigenvalue weighted by Crippen LogP contribution is -2.62. The van der Waals surface area contributed by atoms with Gasteiger partial charge >= 0.3 is 0 Å². The van der Waals surface area contributed by atoms with Crippen LogP contribution < -0.4 is 16.0 Å². The Balaban J connectivity index is 1.40. The second-order valence-electron chi connectivity index (χ2n) is 10.1. The summed E-state index contributed by atoms with van der Waals surface area (Å²) in [7, 11) is 0. The molecule has 1 saturated heterocycles. The fourth-order valence-corrected chi connectivity index (χ4v) is 4.54. The van der Waals surface area contributed by atoms with E-state index in [2.05, 4.69) is 31.1 Å². The van der Waals surface area contributed by atoms with Crippen molar-refractivity contribution >= 4 is 29.2 Å². The van der Waals surface area contributed by atoms with Gasteiger partial charge in [-0.1, -0.05) is 5.16 Å². The monoisotopic (exact) mass is 483 g/mol. The van der Waals surface area contributed by atoms with E-state index in [0.717, 1.165) is 6.20 Å². The van der Waals surface area contributed by atoms with E-state index in [-0.39, 0.29) is 23.7 Å². The molecule has 0 radical (unpaired) electrons. The van der Waals surface area contributed by atoms with E-state index in [1.54, 1.807) is 37.3 Å². The lowest BCUT2D eigenvalue weighted by Gasteiger charge is -2.51. The number of nitrogens with one attached hydrogen (secondary N) is 3. The van der Waals surface area contributed by atoms with E-state index in [0.29, 0.717) is 35.7 Å². The van der Waals surface area contributed by atoms with E-state index in [4.69, 9.17) is 4.52 Å². The van der Waals surface area contributed by atoms with Gasteiger partial charge in [0.15, 0.2) is 17.5 Å². The molecule has 4 N–H and O–H groups in total. The van der Waals surface area contributed by atoms with Crippen LogP contribution in [0.2, 0.25) is 0 Å². The molecule has 0 aliphatic carbocycles. The number of carbonyl (C=O) groups excluding carboxylic acids is 1. The summed E-state index contributed by atoms with van der Waals surface area (Å²) in [6.45, 7) is 9.56. The summed E-state index contributed by atoms with van der Waals surface area (Å²) in [6, 6.07) is 8.38. The lowest BCUT2D eigenvalue weighted by atomic mass is 9.79. The van der Waals surface area contributed by atoms with Crippen molar-refractivity contribution in [1.82, 2.24) is 25.5 Å². The number of amides is 1. The van der Waals surface area contributed by atoms with Gasteiger partial charge in [0, 0.05) is 34.4 Å². The first kappa shape index (κ1) is 24.6. The zero-order chi connectivity index (χ0) is 25.4. The predicted molar refractivity (Wildman–Crippen MR) is 129 cm³/mol. The normalized spacial score (nSPS) is 17.7. The Morgan fingerprint density at radius 1 is 1.14 bits per heavy atom. The van der Waals surface area contributed by atoms with Gasteiger partial charge in [-0.05, 0) is 71.7 Å². The SMILES string of the molecule is Cc1cc(Nc2nc(Nc3ccc(C(=O)NC4CC(C)(C)N(O)C(C)(C)C4)cc3)ncc2F)no1. The molecule has 1 aliphatic heterocycles. The Labute approximate surface area is 202 Å². The topological polar surface area (TPSA) is 128 Å². The number of benzene rings is 1. The third kappa shape index (κ3) is 5.57. The van der Waals surface area contributed by atoms with Crippen molar-refractivity contribution in [3.05, 3.63) is 53.7 Å². The summed E-state index contributed by atoms with van der Waals surface area (Å²) < 4.78 is 19.1. The number of hydrogen-bond donors (Lipinski definition) is 4. The molecule has 1 amide bonds. The zero-order valence-corrected chi connectivity index (χ0v) is 20.4. The van der Waals surface area contributed by atoms with Crippen LogP contribution >= 0.6 is 0 Å². The van der Waals surface area contributed by atoms with Crippen molar-refractivity contribution in [1.29, 1.82) is 0 Å². The number of carbonyl (C=O) groups is 1. The van der Waals surface area contributed by atoms with Crippen molar-refractivity contribution in [3.8, 4) is 0 Å². The molecule has 10 nitrogen and oxygen atoms in total. The summed E-state index contributed by atoms with van der Waals surface area (Å²) in [5.74, 6) is 0.209. The highest BCUT2D eigenvalue weighted by atomic mass is 19.1. The Kier molecular flexibility index (Phi) is 6.48.